The van der Waals surface area contributed by atoms with Gasteiger partial charge < -0.3 is 19.6 Å². The van der Waals surface area contributed by atoms with Crippen LogP contribution in [0.5, 0.6) is 0 Å². The number of aliphatic hydroxyl groups is 1. The van der Waals surface area contributed by atoms with E-state index in [1.54, 1.807) is 30.3 Å². The van der Waals surface area contributed by atoms with Crippen molar-refractivity contribution in [3.05, 3.63) is 77.9 Å². The second kappa shape index (κ2) is 10.9. The highest BCUT2D eigenvalue weighted by molar-refractivity contribution is 7.89. The number of ketones is 1. The van der Waals surface area contributed by atoms with Gasteiger partial charge in [-0.05, 0) is 30.3 Å². The third-order valence-corrected chi connectivity index (χ3v) is 9.60. The summed E-state index contributed by atoms with van der Waals surface area (Å²) in [5.41, 5.74) is -1.24. The summed E-state index contributed by atoms with van der Waals surface area (Å²) in [5, 5.41) is 11.6. The number of hydrogen-bond acceptors (Lipinski definition) is 8. The SMILES string of the molecule is C=CCN1C(=O)[C@]2(C(=C(O)c3ccc(S(=O)(=O)N(C)C)cc3)C(=O)C(=O)N2CCN2CCOCC2)c2ccccc21. The molecule has 0 aliphatic carbocycles. The van der Waals surface area contributed by atoms with Crippen LogP contribution in [-0.4, -0.2) is 105 Å². The topological polar surface area (TPSA) is 128 Å². The fraction of sp³-hybridized carbons (Fsp3) is 0.345. The van der Waals surface area contributed by atoms with Crippen LogP contribution in [0, 0.1) is 0 Å². The van der Waals surface area contributed by atoms with Crippen LogP contribution in [0.1, 0.15) is 11.1 Å². The van der Waals surface area contributed by atoms with Crippen LogP contribution in [0.25, 0.3) is 5.76 Å². The summed E-state index contributed by atoms with van der Waals surface area (Å²) in [6.45, 7) is 6.71. The number of nitrogens with zero attached hydrogens (tertiary/aromatic N) is 4. The quantitative estimate of drug-likeness (QED) is 0.215. The monoisotopic (exact) mass is 580 g/mol. The Labute approximate surface area is 238 Å². The van der Waals surface area contributed by atoms with Crippen molar-refractivity contribution in [1.82, 2.24) is 14.1 Å². The van der Waals surface area contributed by atoms with E-state index < -0.39 is 38.9 Å². The Balaban J connectivity index is 1.69. The maximum atomic E-state index is 14.4. The van der Waals surface area contributed by atoms with E-state index in [-0.39, 0.29) is 29.1 Å². The highest BCUT2D eigenvalue weighted by atomic mass is 32.2. The summed E-state index contributed by atoms with van der Waals surface area (Å²) < 4.78 is 31.6. The van der Waals surface area contributed by atoms with Gasteiger partial charge in [0.05, 0.1) is 29.4 Å². The second-order valence-corrected chi connectivity index (χ2v) is 12.4. The van der Waals surface area contributed by atoms with E-state index in [2.05, 4.69) is 11.5 Å². The molecular weight excluding hydrogens is 548 g/mol. The maximum Gasteiger partial charge on any atom is 0.296 e. The number of benzene rings is 2. The molecule has 216 valence electrons. The minimum atomic E-state index is -3.75. The highest BCUT2D eigenvalue weighted by Crippen LogP contribution is 2.53. The molecule has 0 unspecified atom stereocenters. The Bertz CT molecular complexity index is 1540. The van der Waals surface area contributed by atoms with E-state index in [0.717, 1.165) is 4.31 Å². The molecule has 3 heterocycles. The van der Waals surface area contributed by atoms with Gasteiger partial charge >= 0.3 is 0 Å². The van der Waals surface area contributed by atoms with E-state index >= 15 is 0 Å². The fourth-order valence-corrected chi connectivity index (χ4v) is 6.58. The molecule has 2 fully saturated rings. The third-order valence-electron chi connectivity index (χ3n) is 7.77. The molecule has 0 radical (unpaired) electrons. The molecular formula is C29H32N4O7S. The van der Waals surface area contributed by atoms with Crippen molar-refractivity contribution in [2.24, 2.45) is 0 Å². The lowest BCUT2D eigenvalue weighted by Gasteiger charge is -2.36. The van der Waals surface area contributed by atoms with Crippen molar-refractivity contribution in [2.75, 3.05) is 64.9 Å². The first-order chi connectivity index (χ1) is 19.6. The van der Waals surface area contributed by atoms with Crippen molar-refractivity contribution >= 4 is 39.1 Å². The molecule has 1 atom stereocenters. The zero-order valence-electron chi connectivity index (χ0n) is 22.9. The predicted octanol–water partition coefficient (Wildman–Crippen LogP) is 1.38. The van der Waals surface area contributed by atoms with Crippen LogP contribution < -0.4 is 4.90 Å². The number of ether oxygens (including phenoxy) is 1. The van der Waals surface area contributed by atoms with Gasteiger partial charge in [0.25, 0.3) is 17.6 Å². The number of carbonyl (C=O) groups is 3. The molecule has 2 amide bonds. The van der Waals surface area contributed by atoms with Crippen molar-refractivity contribution in [1.29, 1.82) is 0 Å². The number of amides is 2. The first-order valence-electron chi connectivity index (χ1n) is 13.2. The van der Waals surface area contributed by atoms with E-state index in [1.807, 2.05) is 0 Å². The summed E-state index contributed by atoms with van der Waals surface area (Å²) in [7, 11) is -0.943. The number of Topliss-reactive ketones (excluding diaryl/α,β-unsaturated/α-hetero) is 1. The highest BCUT2D eigenvalue weighted by Gasteiger charge is 2.67. The second-order valence-electron chi connectivity index (χ2n) is 10.2. The zero-order chi connectivity index (χ0) is 29.5. The molecule has 3 aliphatic heterocycles. The van der Waals surface area contributed by atoms with Gasteiger partial charge in [-0.15, -0.1) is 6.58 Å². The van der Waals surface area contributed by atoms with Crippen LogP contribution >= 0.6 is 0 Å². The molecule has 1 N–H and O–H groups in total. The number of morpholine rings is 1. The van der Waals surface area contributed by atoms with Crippen molar-refractivity contribution in [3.63, 3.8) is 0 Å². The first kappa shape index (κ1) is 28.7. The number of anilines is 1. The minimum Gasteiger partial charge on any atom is -0.507 e. The molecule has 11 nitrogen and oxygen atoms in total. The molecule has 41 heavy (non-hydrogen) atoms. The Kier molecular flexibility index (Phi) is 7.60. The first-order valence-corrected chi connectivity index (χ1v) is 14.7. The molecule has 2 aromatic rings. The lowest BCUT2D eigenvalue weighted by atomic mass is 9.82. The Morgan fingerprint density at radius 1 is 1.05 bits per heavy atom. The third kappa shape index (κ3) is 4.47. The number of sulfonamides is 1. The van der Waals surface area contributed by atoms with Crippen LogP contribution in [0.4, 0.5) is 5.69 Å². The summed E-state index contributed by atoms with van der Waals surface area (Å²) in [5.74, 6) is -2.99. The normalized spacial score (nSPS) is 22.7. The van der Waals surface area contributed by atoms with E-state index in [9.17, 15) is 27.9 Å². The largest absolute Gasteiger partial charge is 0.507 e. The molecule has 3 aliphatic rings. The van der Waals surface area contributed by atoms with Gasteiger partial charge in [0.1, 0.15) is 5.76 Å². The molecule has 12 heteroatoms. The van der Waals surface area contributed by atoms with Crippen molar-refractivity contribution in [3.8, 4) is 0 Å². The lowest BCUT2D eigenvalue weighted by Crippen LogP contribution is -2.54. The maximum absolute atomic E-state index is 14.4. The van der Waals surface area contributed by atoms with E-state index in [0.29, 0.717) is 44.1 Å². The van der Waals surface area contributed by atoms with Gasteiger partial charge in [-0.2, -0.15) is 0 Å². The van der Waals surface area contributed by atoms with E-state index in [4.69, 9.17) is 4.74 Å². The van der Waals surface area contributed by atoms with Gasteiger partial charge in [-0.1, -0.05) is 24.3 Å². The molecule has 0 bridgehead atoms. The van der Waals surface area contributed by atoms with Crippen LogP contribution in [-0.2, 0) is 34.7 Å². The van der Waals surface area contributed by atoms with Gasteiger partial charge in [-0.3, -0.25) is 19.3 Å². The minimum absolute atomic E-state index is 0.0147. The van der Waals surface area contributed by atoms with Crippen LogP contribution in [0.3, 0.4) is 0 Å². The number of carbonyl (C=O) groups excluding carboxylic acids is 3. The zero-order valence-corrected chi connectivity index (χ0v) is 23.8. The summed E-state index contributed by atoms with van der Waals surface area (Å²) >= 11 is 0. The Morgan fingerprint density at radius 2 is 1.71 bits per heavy atom. The standard InChI is InChI=1S/C29H32N4O7S/c1-4-13-32-23-8-6-5-7-22(23)29(28(32)37)24(25(34)20-9-11-21(12-10-20)41(38,39)30(2)3)26(35)27(36)33(29)15-14-31-16-18-40-19-17-31/h4-12,34H,1,13-19H2,2-3H3/t29-/m1/s1. The van der Waals surface area contributed by atoms with Gasteiger partial charge in [0.2, 0.25) is 10.0 Å². The average Bonchev–Trinajstić information content (AvgIpc) is 3.35. The number of fused-ring (bicyclic) bond motifs is 2. The lowest BCUT2D eigenvalue weighted by molar-refractivity contribution is -0.144. The Hall–Kier alpha value is -3.84. The molecule has 0 aromatic heterocycles. The van der Waals surface area contributed by atoms with E-state index in [1.165, 1.54) is 48.2 Å². The predicted molar refractivity (Wildman–Crippen MR) is 152 cm³/mol. The van der Waals surface area contributed by atoms with Gasteiger partial charge in [0.15, 0.2) is 5.54 Å². The van der Waals surface area contributed by atoms with Crippen LogP contribution in [0.15, 0.2) is 71.7 Å². The number of hydrogen-bond donors (Lipinski definition) is 1. The van der Waals surface area contributed by atoms with Crippen molar-refractivity contribution < 1.29 is 32.6 Å². The van der Waals surface area contributed by atoms with Crippen LogP contribution in [0.2, 0.25) is 0 Å². The van der Waals surface area contributed by atoms with Crippen molar-refractivity contribution in [2.45, 2.75) is 10.4 Å². The number of para-hydroxylation sites is 1. The Morgan fingerprint density at radius 3 is 2.34 bits per heavy atom. The molecule has 1 spiro atoms. The molecule has 2 aromatic carbocycles. The molecule has 5 rings (SSSR count). The number of likely N-dealkylation sites (tertiary alicyclic amines) is 1. The molecule has 2 saturated heterocycles. The number of rotatable bonds is 8. The smallest absolute Gasteiger partial charge is 0.296 e. The fourth-order valence-electron chi connectivity index (χ4n) is 5.68. The summed E-state index contributed by atoms with van der Waals surface area (Å²) in [6.07, 6.45) is 1.55. The average molecular weight is 581 g/mol. The number of aliphatic hydroxyl groups excluding tert-OH is 1. The summed E-state index contributed by atoms with van der Waals surface area (Å²) in [4.78, 5) is 46.6. The van der Waals surface area contributed by atoms with Gasteiger partial charge in [-0.25, -0.2) is 12.7 Å². The van der Waals surface area contributed by atoms with Gasteiger partial charge in [0, 0.05) is 57.9 Å². The summed E-state index contributed by atoms with van der Waals surface area (Å²) in [6, 6.07) is 12.2. The molecule has 0 saturated carbocycles.